The molecule has 0 aromatic carbocycles. The molecule has 2 heterocycles. The topological polar surface area (TPSA) is 74.7 Å². The van der Waals surface area contributed by atoms with Crippen molar-refractivity contribution in [1.82, 2.24) is 4.31 Å². The molecule has 1 aromatic rings. The summed E-state index contributed by atoms with van der Waals surface area (Å²) < 4.78 is 26.8. The molecular weight excluding hydrogens is 286 g/mol. The lowest BCUT2D eigenvalue weighted by Crippen LogP contribution is -2.34. The molecule has 0 spiro atoms. The molecule has 0 saturated carbocycles. The first-order valence-corrected chi connectivity index (χ1v) is 8.53. The minimum atomic E-state index is -3.46. The fourth-order valence-corrected chi connectivity index (χ4v) is 5.63. The lowest BCUT2D eigenvalue weighted by atomic mass is 10.2. The Labute approximate surface area is 116 Å². The molecule has 1 N–H and O–H groups in total. The second-order valence-corrected chi connectivity index (χ2v) is 7.90. The molecule has 1 saturated heterocycles. The highest BCUT2D eigenvalue weighted by Crippen LogP contribution is 2.31. The Morgan fingerprint density at radius 1 is 1.53 bits per heavy atom. The Balaban J connectivity index is 2.24. The van der Waals surface area contributed by atoms with Crippen LogP contribution in [0.25, 0.3) is 0 Å². The lowest BCUT2D eigenvalue weighted by Gasteiger charge is -2.21. The second kappa shape index (κ2) is 5.60. The molecular formula is C12H17NO4S2. The van der Waals surface area contributed by atoms with Crippen molar-refractivity contribution >= 4 is 27.3 Å². The number of carboxylic acid groups (broad SMARTS) is 1. The molecule has 1 aliphatic heterocycles. The molecule has 2 rings (SSSR count). The zero-order chi connectivity index (χ0) is 14.0. The van der Waals surface area contributed by atoms with Gasteiger partial charge in [0.25, 0.3) is 10.0 Å². The van der Waals surface area contributed by atoms with Crippen LogP contribution in [0, 0.1) is 0 Å². The van der Waals surface area contributed by atoms with Crippen molar-refractivity contribution in [3.63, 3.8) is 0 Å². The van der Waals surface area contributed by atoms with Crippen molar-refractivity contribution in [2.75, 3.05) is 6.54 Å². The maximum Gasteiger partial charge on any atom is 0.308 e. The van der Waals surface area contributed by atoms with Crippen LogP contribution in [0.15, 0.2) is 16.3 Å². The Bertz CT molecular complexity index is 564. The number of hydrogen-bond acceptors (Lipinski definition) is 4. The molecule has 1 unspecified atom stereocenters. The molecule has 0 radical (unpaired) electrons. The number of rotatable bonds is 5. The lowest BCUT2D eigenvalue weighted by molar-refractivity contribution is -0.136. The molecule has 1 aliphatic rings. The fraction of sp³-hybridized carbons (Fsp3) is 0.583. The van der Waals surface area contributed by atoms with E-state index >= 15 is 0 Å². The van der Waals surface area contributed by atoms with Crippen LogP contribution in [-0.4, -0.2) is 36.4 Å². The largest absolute Gasteiger partial charge is 0.481 e. The molecule has 1 atom stereocenters. The summed E-state index contributed by atoms with van der Waals surface area (Å²) in [7, 11) is -3.46. The molecule has 106 valence electrons. The summed E-state index contributed by atoms with van der Waals surface area (Å²) in [4.78, 5) is 11.2. The van der Waals surface area contributed by atoms with Gasteiger partial charge in [0.15, 0.2) is 0 Å². The average Bonchev–Trinajstić information content (AvgIpc) is 2.95. The van der Waals surface area contributed by atoms with Crippen LogP contribution < -0.4 is 0 Å². The first-order chi connectivity index (χ1) is 8.95. The minimum Gasteiger partial charge on any atom is -0.481 e. The van der Waals surface area contributed by atoms with Crippen LogP contribution in [0.3, 0.4) is 0 Å². The molecule has 5 nitrogen and oxygen atoms in total. The van der Waals surface area contributed by atoms with Crippen LogP contribution >= 0.6 is 11.3 Å². The zero-order valence-electron chi connectivity index (χ0n) is 10.7. The van der Waals surface area contributed by atoms with Gasteiger partial charge in [-0.1, -0.05) is 6.92 Å². The first kappa shape index (κ1) is 14.5. The minimum absolute atomic E-state index is 0.0787. The van der Waals surface area contributed by atoms with Gasteiger partial charge in [0.2, 0.25) is 0 Å². The van der Waals surface area contributed by atoms with Crippen molar-refractivity contribution in [3.8, 4) is 0 Å². The monoisotopic (exact) mass is 303 g/mol. The van der Waals surface area contributed by atoms with Gasteiger partial charge in [0, 0.05) is 17.5 Å². The maximum atomic E-state index is 12.5. The predicted octanol–water partition coefficient (Wildman–Crippen LogP) is 1.94. The summed E-state index contributed by atoms with van der Waals surface area (Å²) >= 11 is 1.06. The average molecular weight is 303 g/mol. The van der Waals surface area contributed by atoms with Gasteiger partial charge >= 0.3 is 5.97 Å². The van der Waals surface area contributed by atoms with Gasteiger partial charge in [-0.15, -0.1) is 11.3 Å². The Morgan fingerprint density at radius 2 is 2.26 bits per heavy atom. The summed E-state index contributed by atoms with van der Waals surface area (Å²) in [5.74, 6) is -0.946. The maximum absolute atomic E-state index is 12.5. The van der Waals surface area contributed by atoms with E-state index < -0.39 is 16.0 Å². The van der Waals surface area contributed by atoms with Crippen molar-refractivity contribution < 1.29 is 18.3 Å². The van der Waals surface area contributed by atoms with E-state index in [9.17, 15) is 13.2 Å². The van der Waals surface area contributed by atoms with Crippen molar-refractivity contribution in [3.05, 3.63) is 17.0 Å². The SMILES string of the molecule is CCC1CCCN1S(=O)(=O)c1ccc(CC(=O)O)s1. The number of thiophene rings is 1. The normalized spacial score (nSPS) is 20.8. The second-order valence-electron chi connectivity index (χ2n) is 4.61. The molecule has 19 heavy (non-hydrogen) atoms. The molecule has 1 fully saturated rings. The standard InChI is InChI=1S/C12H17NO4S2/c1-2-9-4-3-7-13(9)19(16,17)12-6-5-10(18-12)8-11(14)15/h5-6,9H,2-4,7-8H2,1H3,(H,14,15). The number of aliphatic carboxylic acids is 1. The first-order valence-electron chi connectivity index (χ1n) is 6.27. The Hall–Kier alpha value is -0.920. The molecule has 0 amide bonds. The predicted molar refractivity (Wildman–Crippen MR) is 72.9 cm³/mol. The molecule has 0 bridgehead atoms. The Morgan fingerprint density at radius 3 is 2.89 bits per heavy atom. The summed E-state index contributed by atoms with van der Waals surface area (Å²) in [6.45, 7) is 2.55. The van der Waals surface area contributed by atoms with Crippen LogP contribution in [-0.2, 0) is 21.2 Å². The summed E-state index contributed by atoms with van der Waals surface area (Å²) in [5.41, 5.74) is 0. The third-order valence-electron chi connectivity index (χ3n) is 3.32. The van der Waals surface area contributed by atoms with E-state index in [2.05, 4.69) is 0 Å². The highest BCUT2D eigenvalue weighted by molar-refractivity contribution is 7.91. The van der Waals surface area contributed by atoms with Crippen LogP contribution in [0.4, 0.5) is 0 Å². The quantitative estimate of drug-likeness (QED) is 0.902. The van der Waals surface area contributed by atoms with E-state index in [1.807, 2.05) is 6.92 Å². The van der Waals surface area contributed by atoms with Gasteiger partial charge in [-0.2, -0.15) is 4.31 Å². The van der Waals surface area contributed by atoms with E-state index in [4.69, 9.17) is 5.11 Å². The third kappa shape index (κ3) is 2.98. The Kier molecular flexibility index (Phi) is 4.27. The van der Waals surface area contributed by atoms with Crippen molar-refractivity contribution in [2.24, 2.45) is 0 Å². The van der Waals surface area contributed by atoms with Gasteiger partial charge in [-0.05, 0) is 31.4 Å². The summed E-state index contributed by atoms with van der Waals surface area (Å²) in [6.07, 6.45) is 2.48. The van der Waals surface area contributed by atoms with Gasteiger partial charge in [-0.25, -0.2) is 8.42 Å². The van der Waals surface area contributed by atoms with E-state index in [1.165, 1.54) is 6.07 Å². The molecule has 7 heteroatoms. The molecule has 0 aliphatic carbocycles. The van der Waals surface area contributed by atoms with Gasteiger partial charge in [-0.3, -0.25) is 4.79 Å². The number of hydrogen-bond donors (Lipinski definition) is 1. The number of carboxylic acids is 1. The summed E-state index contributed by atoms with van der Waals surface area (Å²) in [5, 5.41) is 8.72. The van der Waals surface area contributed by atoms with E-state index in [0.717, 1.165) is 30.6 Å². The van der Waals surface area contributed by atoms with E-state index in [-0.39, 0.29) is 16.7 Å². The van der Waals surface area contributed by atoms with Gasteiger partial charge in [0.1, 0.15) is 4.21 Å². The van der Waals surface area contributed by atoms with Crippen LogP contribution in [0.5, 0.6) is 0 Å². The molecule has 1 aromatic heterocycles. The van der Waals surface area contributed by atoms with Crippen molar-refractivity contribution in [2.45, 2.75) is 42.9 Å². The van der Waals surface area contributed by atoms with E-state index in [1.54, 1.807) is 10.4 Å². The van der Waals surface area contributed by atoms with Crippen LogP contribution in [0.2, 0.25) is 0 Å². The zero-order valence-corrected chi connectivity index (χ0v) is 12.3. The van der Waals surface area contributed by atoms with Gasteiger partial charge in [0.05, 0.1) is 6.42 Å². The highest BCUT2D eigenvalue weighted by Gasteiger charge is 2.35. The fourth-order valence-electron chi connectivity index (χ4n) is 2.39. The summed E-state index contributed by atoms with van der Waals surface area (Å²) in [6, 6.07) is 3.18. The number of sulfonamides is 1. The van der Waals surface area contributed by atoms with E-state index in [0.29, 0.717) is 11.4 Å². The number of carbonyl (C=O) groups is 1. The van der Waals surface area contributed by atoms with Crippen LogP contribution in [0.1, 0.15) is 31.1 Å². The highest BCUT2D eigenvalue weighted by atomic mass is 32.2. The number of nitrogens with zero attached hydrogens (tertiary/aromatic N) is 1. The van der Waals surface area contributed by atoms with Crippen molar-refractivity contribution in [1.29, 1.82) is 0 Å². The van der Waals surface area contributed by atoms with Gasteiger partial charge < -0.3 is 5.11 Å². The third-order valence-corrected chi connectivity index (χ3v) is 6.82. The smallest absolute Gasteiger partial charge is 0.308 e.